The Bertz CT molecular complexity index is 649. The number of methoxy groups -OCH3 is 1. The second kappa shape index (κ2) is 11.8. The molecule has 1 fully saturated rings. The van der Waals surface area contributed by atoms with Crippen LogP contribution in [0.4, 0.5) is 0 Å². The highest BCUT2D eigenvalue weighted by atomic mass is 16.5. The first-order valence-electron chi connectivity index (χ1n) is 10.0. The van der Waals surface area contributed by atoms with E-state index in [1.165, 1.54) is 6.92 Å². The van der Waals surface area contributed by atoms with Gasteiger partial charge in [-0.2, -0.15) is 0 Å². The lowest BCUT2D eigenvalue weighted by atomic mass is 9.85. The van der Waals surface area contributed by atoms with E-state index in [1.54, 1.807) is 14.0 Å². The molecule has 1 aliphatic heterocycles. The van der Waals surface area contributed by atoms with Gasteiger partial charge < -0.3 is 19.5 Å². The Morgan fingerprint density at radius 2 is 2.21 bits per heavy atom. The zero-order chi connectivity index (χ0) is 21.2. The summed E-state index contributed by atoms with van der Waals surface area (Å²) in [5.41, 5.74) is 9.49. The molecule has 0 saturated carbocycles. The number of hydrogen-bond donors (Lipinski definition) is 1. The van der Waals surface area contributed by atoms with Gasteiger partial charge in [0.1, 0.15) is 0 Å². The van der Waals surface area contributed by atoms with Crippen LogP contribution < -0.4 is 5.32 Å². The molecular weight excluding hydrogens is 378 g/mol. The first kappa shape index (κ1) is 23.2. The average molecular weight is 409 g/mol. The van der Waals surface area contributed by atoms with Crippen LogP contribution in [0.25, 0.3) is 10.4 Å². The third-order valence-corrected chi connectivity index (χ3v) is 5.16. The second-order valence-corrected chi connectivity index (χ2v) is 7.23. The molecule has 2 rings (SSSR count). The van der Waals surface area contributed by atoms with Gasteiger partial charge in [-0.25, -0.2) is 4.79 Å². The molecule has 0 bridgehead atoms. The topological polar surface area (TPSA) is 126 Å². The molecule has 10 heteroatoms. The van der Waals surface area contributed by atoms with Gasteiger partial charge in [0.15, 0.2) is 0 Å². The summed E-state index contributed by atoms with van der Waals surface area (Å²) < 4.78 is 16.1. The highest BCUT2D eigenvalue weighted by molar-refractivity contribution is 5.89. The summed E-state index contributed by atoms with van der Waals surface area (Å²) >= 11 is 0. The number of ether oxygens (including phenoxy) is 3. The lowest BCUT2D eigenvalue weighted by molar-refractivity contribution is -0.138. The van der Waals surface area contributed by atoms with Crippen LogP contribution in [0.15, 0.2) is 16.8 Å². The molecule has 1 aliphatic carbocycles. The van der Waals surface area contributed by atoms with Crippen molar-refractivity contribution in [3.8, 4) is 0 Å². The van der Waals surface area contributed by atoms with Crippen molar-refractivity contribution in [3.05, 3.63) is 22.1 Å². The minimum atomic E-state index is -0.576. The molecule has 0 aromatic carbocycles. The van der Waals surface area contributed by atoms with Crippen molar-refractivity contribution in [2.75, 3.05) is 40.0 Å². The van der Waals surface area contributed by atoms with Gasteiger partial charge in [-0.05, 0) is 38.3 Å². The first-order valence-corrected chi connectivity index (χ1v) is 10.0. The van der Waals surface area contributed by atoms with Crippen LogP contribution in [0.2, 0.25) is 0 Å². The molecule has 0 spiro atoms. The summed E-state index contributed by atoms with van der Waals surface area (Å²) in [5.74, 6) is -0.627. The standard InChI is InChI=1S/C19H31N5O5/c1-4-28-19(26)14-10-16(22-23-20)18(21-13(2)25)17(11-14)24-7-5-6-15(12-24)29-9-8-27-3/h11,15-18H,4-10,12H2,1-3H3,(H,21,25)/t15-,16+,17-,18-/m1/s1. The number of rotatable bonds is 9. The first-order chi connectivity index (χ1) is 14.0. The minimum absolute atomic E-state index is 0.0381. The van der Waals surface area contributed by atoms with E-state index in [-0.39, 0.29) is 31.1 Å². The van der Waals surface area contributed by atoms with E-state index in [9.17, 15) is 9.59 Å². The minimum Gasteiger partial charge on any atom is -0.463 e. The van der Waals surface area contributed by atoms with Gasteiger partial charge in [-0.1, -0.05) is 11.2 Å². The van der Waals surface area contributed by atoms with E-state index in [2.05, 4.69) is 20.2 Å². The second-order valence-electron chi connectivity index (χ2n) is 7.23. The van der Waals surface area contributed by atoms with E-state index in [0.29, 0.717) is 25.3 Å². The summed E-state index contributed by atoms with van der Waals surface area (Å²) in [6.45, 7) is 5.93. The Balaban J connectivity index is 2.27. The number of nitrogens with zero attached hydrogens (tertiary/aromatic N) is 4. The number of nitrogens with one attached hydrogen (secondary N) is 1. The molecule has 0 unspecified atom stereocenters. The van der Waals surface area contributed by atoms with Crippen molar-refractivity contribution in [2.45, 2.75) is 57.3 Å². The number of amides is 1. The maximum Gasteiger partial charge on any atom is 0.333 e. The summed E-state index contributed by atoms with van der Waals surface area (Å²) in [4.78, 5) is 29.3. The Hall–Kier alpha value is -2.13. The molecule has 1 saturated heterocycles. The highest BCUT2D eigenvalue weighted by Gasteiger charge is 2.40. The number of likely N-dealkylation sites (tertiary alicyclic amines) is 1. The Morgan fingerprint density at radius 3 is 2.86 bits per heavy atom. The fourth-order valence-electron chi connectivity index (χ4n) is 3.93. The molecule has 1 N–H and O–H groups in total. The predicted octanol–water partition coefficient (Wildman–Crippen LogP) is 1.56. The van der Waals surface area contributed by atoms with E-state index in [4.69, 9.17) is 19.7 Å². The monoisotopic (exact) mass is 409 g/mol. The van der Waals surface area contributed by atoms with Crippen LogP contribution in [0.3, 0.4) is 0 Å². The third kappa shape index (κ3) is 6.71. The molecule has 29 heavy (non-hydrogen) atoms. The summed E-state index contributed by atoms with van der Waals surface area (Å²) in [7, 11) is 1.63. The molecule has 1 heterocycles. The Morgan fingerprint density at radius 1 is 1.41 bits per heavy atom. The molecule has 0 aromatic rings. The smallest absolute Gasteiger partial charge is 0.333 e. The van der Waals surface area contributed by atoms with Gasteiger partial charge >= 0.3 is 5.97 Å². The van der Waals surface area contributed by atoms with Crippen molar-refractivity contribution in [3.63, 3.8) is 0 Å². The molecule has 162 valence electrons. The van der Waals surface area contributed by atoms with E-state index >= 15 is 0 Å². The molecule has 2 aliphatic rings. The lowest BCUT2D eigenvalue weighted by Crippen LogP contribution is -2.60. The van der Waals surface area contributed by atoms with E-state index in [0.717, 1.165) is 19.4 Å². The van der Waals surface area contributed by atoms with E-state index in [1.807, 2.05) is 6.08 Å². The quantitative estimate of drug-likeness (QED) is 0.202. The van der Waals surface area contributed by atoms with Crippen LogP contribution in [-0.4, -0.2) is 81.0 Å². The molecular formula is C19H31N5O5. The van der Waals surface area contributed by atoms with Crippen LogP contribution in [0, 0.1) is 0 Å². The van der Waals surface area contributed by atoms with Gasteiger partial charge in [-0.15, -0.1) is 0 Å². The average Bonchev–Trinajstić information content (AvgIpc) is 2.69. The number of hydrogen-bond acceptors (Lipinski definition) is 7. The number of carbonyl (C=O) groups excluding carboxylic acids is 2. The van der Waals surface area contributed by atoms with Gasteiger partial charge in [-0.3, -0.25) is 9.69 Å². The molecule has 0 radical (unpaired) electrons. The van der Waals surface area contributed by atoms with Gasteiger partial charge in [0.2, 0.25) is 5.91 Å². The largest absolute Gasteiger partial charge is 0.463 e. The van der Waals surface area contributed by atoms with Crippen LogP contribution in [0.1, 0.15) is 33.1 Å². The van der Waals surface area contributed by atoms with E-state index < -0.39 is 18.1 Å². The van der Waals surface area contributed by atoms with Crippen LogP contribution in [0.5, 0.6) is 0 Å². The van der Waals surface area contributed by atoms with Gasteiger partial charge in [0, 0.05) is 37.1 Å². The van der Waals surface area contributed by atoms with Crippen LogP contribution in [-0.2, 0) is 23.8 Å². The number of piperidine rings is 1. The Labute approximate surface area is 171 Å². The molecule has 1 amide bonds. The number of esters is 1. The fraction of sp³-hybridized carbons (Fsp3) is 0.789. The molecule has 4 atom stereocenters. The Kier molecular flexibility index (Phi) is 9.40. The normalized spacial score (nSPS) is 27.5. The van der Waals surface area contributed by atoms with Gasteiger partial charge in [0.05, 0.1) is 38.0 Å². The maximum absolute atomic E-state index is 12.4. The summed E-state index contributed by atoms with van der Waals surface area (Å²) in [6.07, 6.45) is 3.98. The van der Waals surface area contributed by atoms with Crippen molar-refractivity contribution >= 4 is 11.9 Å². The fourth-order valence-corrected chi connectivity index (χ4v) is 3.93. The van der Waals surface area contributed by atoms with Crippen molar-refractivity contribution in [1.29, 1.82) is 0 Å². The van der Waals surface area contributed by atoms with Crippen LogP contribution >= 0.6 is 0 Å². The molecule has 0 aromatic heterocycles. The number of carbonyl (C=O) groups is 2. The van der Waals surface area contributed by atoms with Crippen molar-refractivity contribution in [2.24, 2.45) is 5.11 Å². The highest BCUT2D eigenvalue weighted by Crippen LogP contribution is 2.29. The van der Waals surface area contributed by atoms with Crippen molar-refractivity contribution < 1.29 is 23.8 Å². The maximum atomic E-state index is 12.4. The molecule has 10 nitrogen and oxygen atoms in total. The zero-order valence-electron chi connectivity index (χ0n) is 17.4. The summed E-state index contributed by atoms with van der Waals surface area (Å²) in [6, 6.07) is -1.30. The zero-order valence-corrected chi connectivity index (χ0v) is 17.4. The lowest BCUT2D eigenvalue weighted by Gasteiger charge is -2.44. The van der Waals surface area contributed by atoms with Crippen molar-refractivity contribution in [1.82, 2.24) is 10.2 Å². The summed E-state index contributed by atoms with van der Waals surface area (Å²) in [5, 5.41) is 6.80. The number of azide groups is 1. The SMILES string of the molecule is CCOC(=O)C1=C[C@@H](N2CCC[C@@H](OCCOC)C2)[C@H](NC(C)=O)[C@@H](N=[N+]=[N-])C1. The predicted molar refractivity (Wildman–Crippen MR) is 106 cm³/mol. The third-order valence-electron chi connectivity index (χ3n) is 5.16. The van der Waals surface area contributed by atoms with Gasteiger partial charge in [0.25, 0.3) is 0 Å².